The summed E-state index contributed by atoms with van der Waals surface area (Å²) >= 11 is 12.0. The van der Waals surface area contributed by atoms with E-state index in [1.165, 1.54) is 18.4 Å². The van der Waals surface area contributed by atoms with E-state index in [2.05, 4.69) is 4.98 Å². The lowest BCUT2D eigenvalue weighted by Gasteiger charge is -2.11. The van der Waals surface area contributed by atoms with Crippen molar-refractivity contribution in [2.45, 2.75) is 25.0 Å². The molecule has 3 rings (SSSR count). The Morgan fingerprint density at radius 2 is 1.78 bits per heavy atom. The molecule has 0 atom stereocenters. The maximum atomic E-state index is 12.4. The number of rotatable bonds is 6. The van der Waals surface area contributed by atoms with Gasteiger partial charge in [-0.15, -0.1) is 0 Å². The summed E-state index contributed by atoms with van der Waals surface area (Å²) in [6.07, 6.45) is 0. The van der Waals surface area contributed by atoms with Crippen LogP contribution in [0.15, 0.2) is 41.3 Å². The van der Waals surface area contributed by atoms with E-state index in [1.807, 2.05) is 11.5 Å². The lowest BCUT2D eigenvalue weighted by atomic mass is 10.3. The van der Waals surface area contributed by atoms with Crippen LogP contribution >= 0.6 is 23.2 Å². The first kappa shape index (κ1) is 19.9. The predicted molar refractivity (Wildman–Crippen MR) is 107 cm³/mol. The van der Waals surface area contributed by atoms with Crippen molar-refractivity contribution in [3.63, 3.8) is 0 Å². The molecule has 3 aromatic rings. The second-order valence-corrected chi connectivity index (χ2v) is 9.13. The summed E-state index contributed by atoms with van der Waals surface area (Å²) < 4.78 is 33.6. The number of aryl methyl sites for hydroxylation is 1. The number of imidazole rings is 1. The molecule has 2 aromatic carbocycles. The smallest absolute Gasteiger partial charge is 0.242 e. The molecule has 27 heavy (non-hydrogen) atoms. The van der Waals surface area contributed by atoms with Crippen LogP contribution in [0.5, 0.6) is 5.75 Å². The Morgan fingerprint density at radius 1 is 1.11 bits per heavy atom. The van der Waals surface area contributed by atoms with E-state index in [1.54, 1.807) is 36.4 Å². The third kappa shape index (κ3) is 4.06. The topological polar surface area (TPSA) is 64.4 Å². The molecule has 1 heterocycles. The molecule has 144 valence electrons. The molecule has 0 aliphatic heterocycles. The van der Waals surface area contributed by atoms with Crippen LogP contribution in [-0.2, 0) is 23.2 Å². The highest BCUT2D eigenvalue weighted by Crippen LogP contribution is 2.26. The van der Waals surface area contributed by atoms with Crippen LogP contribution in [0.1, 0.15) is 12.7 Å². The molecule has 0 aliphatic rings. The van der Waals surface area contributed by atoms with Crippen LogP contribution in [0.2, 0.25) is 10.0 Å². The van der Waals surface area contributed by atoms with Crippen molar-refractivity contribution < 1.29 is 13.2 Å². The Hall–Kier alpha value is -1.80. The average molecular weight is 428 g/mol. The number of ether oxygens (including phenoxy) is 1. The molecule has 9 heteroatoms. The fourth-order valence-electron chi connectivity index (χ4n) is 2.75. The number of sulfonamides is 1. The number of hydrogen-bond donors (Lipinski definition) is 0. The molecule has 0 fully saturated rings. The largest absolute Gasteiger partial charge is 0.486 e. The number of aromatic nitrogens is 2. The minimum absolute atomic E-state index is 0.203. The van der Waals surface area contributed by atoms with Crippen molar-refractivity contribution in [1.29, 1.82) is 0 Å². The lowest BCUT2D eigenvalue weighted by Crippen LogP contribution is -2.22. The Balaban J connectivity index is 1.96. The number of nitrogens with zero attached hydrogens (tertiary/aromatic N) is 3. The highest BCUT2D eigenvalue weighted by molar-refractivity contribution is 7.89. The zero-order chi connectivity index (χ0) is 19.8. The van der Waals surface area contributed by atoms with Gasteiger partial charge in [-0.25, -0.2) is 17.7 Å². The van der Waals surface area contributed by atoms with Gasteiger partial charge in [-0.05, 0) is 43.3 Å². The van der Waals surface area contributed by atoms with Crippen LogP contribution in [0, 0.1) is 0 Å². The van der Waals surface area contributed by atoms with E-state index in [0.29, 0.717) is 33.7 Å². The number of hydrogen-bond acceptors (Lipinski definition) is 4. The molecule has 0 bridgehead atoms. The molecule has 0 aliphatic carbocycles. The van der Waals surface area contributed by atoms with Gasteiger partial charge in [0.15, 0.2) is 0 Å². The SMILES string of the molecule is CCn1c(COc2cc(Cl)cc(Cl)c2)nc2cc(S(=O)(=O)N(C)C)ccc21. The van der Waals surface area contributed by atoms with Crippen molar-refractivity contribution in [1.82, 2.24) is 13.9 Å². The lowest BCUT2D eigenvalue weighted by molar-refractivity contribution is 0.291. The summed E-state index contributed by atoms with van der Waals surface area (Å²) in [5.41, 5.74) is 1.44. The van der Waals surface area contributed by atoms with E-state index >= 15 is 0 Å². The number of benzene rings is 2. The second-order valence-electron chi connectivity index (χ2n) is 6.10. The first-order chi connectivity index (χ1) is 12.7. The summed E-state index contributed by atoms with van der Waals surface area (Å²) in [6, 6.07) is 9.91. The van der Waals surface area contributed by atoms with Gasteiger partial charge >= 0.3 is 0 Å². The van der Waals surface area contributed by atoms with Gasteiger partial charge in [-0.1, -0.05) is 23.2 Å². The van der Waals surface area contributed by atoms with E-state index in [9.17, 15) is 8.42 Å². The van der Waals surface area contributed by atoms with Gasteiger partial charge in [0.05, 0.1) is 15.9 Å². The summed E-state index contributed by atoms with van der Waals surface area (Å²) in [7, 11) is -0.521. The van der Waals surface area contributed by atoms with E-state index in [0.717, 1.165) is 5.52 Å². The Kier molecular flexibility index (Phi) is 5.67. The number of fused-ring (bicyclic) bond motifs is 1. The van der Waals surface area contributed by atoms with E-state index in [-0.39, 0.29) is 11.5 Å². The zero-order valence-electron chi connectivity index (χ0n) is 15.1. The first-order valence-corrected chi connectivity index (χ1v) is 10.4. The van der Waals surface area contributed by atoms with Crippen molar-refractivity contribution in [2.24, 2.45) is 0 Å². The second kappa shape index (κ2) is 7.67. The molecule has 1 aromatic heterocycles. The molecule has 0 saturated heterocycles. The van der Waals surface area contributed by atoms with Crippen LogP contribution < -0.4 is 4.74 Å². The minimum atomic E-state index is -3.52. The Morgan fingerprint density at radius 3 is 2.37 bits per heavy atom. The van der Waals surface area contributed by atoms with E-state index in [4.69, 9.17) is 27.9 Å². The maximum Gasteiger partial charge on any atom is 0.242 e. The van der Waals surface area contributed by atoms with Crippen LogP contribution in [0.3, 0.4) is 0 Å². The maximum absolute atomic E-state index is 12.4. The highest BCUT2D eigenvalue weighted by Gasteiger charge is 2.19. The van der Waals surface area contributed by atoms with Crippen LogP contribution in [0.4, 0.5) is 0 Å². The monoisotopic (exact) mass is 427 g/mol. The molecular weight excluding hydrogens is 409 g/mol. The Labute approximate surface area is 168 Å². The third-order valence-electron chi connectivity index (χ3n) is 4.10. The molecule has 6 nitrogen and oxygen atoms in total. The molecule has 0 N–H and O–H groups in total. The Bertz CT molecular complexity index is 1070. The molecule has 0 amide bonds. The minimum Gasteiger partial charge on any atom is -0.486 e. The first-order valence-electron chi connectivity index (χ1n) is 8.23. The number of halogens is 2. The van der Waals surface area contributed by atoms with Gasteiger partial charge in [-0.2, -0.15) is 0 Å². The van der Waals surface area contributed by atoms with Crippen molar-refractivity contribution in [3.8, 4) is 5.75 Å². The molecule has 0 saturated carbocycles. The fourth-order valence-corrected chi connectivity index (χ4v) is 4.18. The van der Waals surface area contributed by atoms with Crippen molar-refractivity contribution >= 4 is 44.3 Å². The van der Waals surface area contributed by atoms with Gasteiger partial charge in [0.2, 0.25) is 10.0 Å². The summed E-state index contributed by atoms with van der Waals surface area (Å²) in [4.78, 5) is 4.77. The normalized spacial score (nSPS) is 12.1. The van der Waals surface area contributed by atoms with Gasteiger partial charge in [0, 0.05) is 30.7 Å². The molecular formula is C18H19Cl2N3O3S. The summed E-state index contributed by atoms with van der Waals surface area (Å²) in [6.45, 7) is 2.87. The molecule has 0 radical (unpaired) electrons. The van der Waals surface area contributed by atoms with Crippen LogP contribution in [0.25, 0.3) is 11.0 Å². The van der Waals surface area contributed by atoms with Gasteiger partial charge in [0.1, 0.15) is 18.2 Å². The van der Waals surface area contributed by atoms with Crippen molar-refractivity contribution in [3.05, 3.63) is 52.3 Å². The predicted octanol–water partition coefficient (Wildman–Crippen LogP) is 4.19. The summed E-state index contributed by atoms with van der Waals surface area (Å²) in [5.74, 6) is 1.22. The quantitative estimate of drug-likeness (QED) is 0.591. The zero-order valence-corrected chi connectivity index (χ0v) is 17.4. The summed E-state index contributed by atoms with van der Waals surface area (Å²) in [5, 5.41) is 0.972. The molecule has 0 spiro atoms. The van der Waals surface area contributed by atoms with Gasteiger partial charge < -0.3 is 9.30 Å². The third-order valence-corrected chi connectivity index (χ3v) is 6.35. The van der Waals surface area contributed by atoms with Crippen LogP contribution in [-0.4, -0.2) is 36.4 Å². The fraction of sp³-hybridized carbons (Fsp3) is 0.278. The molecule has 0 unspecified atom stereocenters. The highest BCUT2D eigenvalue weighted by atomic mass is 35.5. The average Bonchev–Trinajstić information content (AvgIpc) is 2.95. The van der Waals surface area contributed by atoms with E-state index < -0.39 is 10.0 Å². The van der Waals surface area contributed by atoms with Gasteiger partial charge in [-0.3, -0.25) is 0 Å². The standard InChI is InChI=1S/C18H19Cl2N3O3S/c1-4-23-17-6-5-15(27(24,25)22(2)3)10-16(17)21-18(23)11-26-14-8-12(19)7-13(20)9-14/h5-10H,4,11H2,1-3H3. The van der Waals surface area contributed by atoms with Crippen molar-refractivity contribution in [2.75, 3.05) is 14.1 Å². The van der Waals surface area contributed by atoms with Gasteiger partial charge in [0.25, 0.3) is 0 Å².